The first-order valence-corrected chi connectivity index (χ1v) is 10.4. The van der Waals surface area contributed by atoms with Crippen LogP contribution < -0.4 is 5.32 Å². The van der Waals surface area contributed by atoms with Crippen LogP contribution in [0.4, 0.5) is 11.5 Å². The van der Waals surface area contributed by atoms with Crippen LogP contribution in [0.3, 0.4) is 0 Å². The van der Waals surface area contributed by atoms with E-state index in [1.165, 1.54) is 4.88 Å². The van der Waals surface area contributed by atoms with Gasteiger partial charge in [-0.1, -0.05) is 32.4 Å². The summed E-state index contributed by atoms with van der Waals surface area (Å²) in [6.07, 6.45) is 3.05. The quantitative estimate of drug-likeness (QED) is 0.534. The molecule has 2 N–H and O–H groups in total. The summed E-state index contributed by atoms with van der Waals surface area (Å²) in [5.74, 6) is 0.719. The van der Waals surface area contributed by atoms with Crippen LogP contribution in [0.15, 0.2) is 36.4 Å². The Hall–Kier alpha value is -2.73. The molecule has 0 saturated carbocycles. The summed E-state index contributed by atoms with van der Waals surface area (Å²) in [6, 6.07) is 11.7. The number of carbonyl (C=O) groups is 1. The van der Waals surface area contributed by atoms with Gasteiger partial charge in [0.15, 0.2) is 5.82 Å². The summed E-state index contributed by atoms with van der Waals surface area (Å²) < 4.78 is 0. The largest absolute Gasteiger partial charge is 0.481 e. The number of thiophene rings is 1. The van der Waals surface area contributed by atoms with E-state index in [4.69, 9.17) is 15.1 Å². The van der Waals surface area contributed by atoms with Crippen molar-refractivity contribution in [2.45, 2.75) is 46.5 Å². The summed E-state index contributed by atoms with van der Waals surface area (Å²) in [7, 11) is 0. The van der Waals surface area contributed by atoms with Gasteiger partial charge >= 0.3 is 5.97 Å². The molecule has 1 aromatic carbocycles. The van der Waals surface area contributed by atoms with E-state index < -0.39 is 5.97 Å². The molecule has 0 fully saturated rings. The zero-order valence-corrected chi connectivity index (χ0v) is 17.3. The fourth-order valence-corrected chi connectivity index (χ4v) is 4.17. The van der Waals surface area contributed by atoms with Crippen LogP contribution in [0.2, 0.25) is 0 Å². The van der Waals surface area contributed by atoms with Gasteiger partial charge in [0.2, 0.25) is 0 Å². The lowest BCUT2D eigenvalue weighted by Gasteiger charge is -2.14. The molecule has 146 valence electrons. The fraction of sp³-hybridized carbons (Fsp3) is 0.318. The lowest BCUT2D eigenvalue weighted by molar-refractivity contribution is -0.136. The number of aliphatic carboxylic acids is 1. The molecule has 3 aromatic rings. The number of aromatic nitrogens is 2. The predicted molar refractivity (Wildman–Crippen MR) is 115 cm³/mol. The number of benzene rings is 1. The lowest BCUT2D eigenvalue weighted by Crippen LogP contribution is -2.05. The van der Waals surface area contributed by atoms with Crippen LogP contribution in [0.1, 0.15) is 42.0 Å². The summed E-state index contributed by atoms with van der Waals surface area (Å²) in [6.45, 7) is 6.29. The van der Waals surface area contributed by atoms with E-state index in [2.05, 4.69) is 31.3 Å². The van der Waals surface area contributed by atoms with Crippen LogP contribution in [0, 0.1) is 6.92 Å². The number of nitrogens with one attached hydrogen (secondary N) is 1. The minimum Gasteiger partial charge on any atom is -0.481 e. The Balaban J connectivity index is 1.90. The average molecular weight is 396 g/mol. The molecule has 0 aliphatic heterocycles. The van der Waals surface area contributed by atoms with Gasteiger partial charge in [0.1, 0.15) is 5.82 Å². The van der Waals surface area contributed by atoms with Crippen LogP contribution >= 0.6 is 11.3 Å². The molecule has 0 spiro atoms. The van der Waals surface area contributed by atoms with Gasteiger partial charge in [0, 0.05) is 21.8 Å². The molecular formula is C22H25N3O2S. The number of hydrogen-bond donors (Lipinski definition) is 2. The molecular weight excluding hydrogens is 370 g/mol. The summed E-state index contributed by atoms with van der Waals surface area (Å²) >= 11 is 1.75. The van der Waals surface area contributed by atoms with Gasteiger partial charge < -0.3 is 10.4 Å². The highest BCUT2D eigenvalue weighted by Gasteiger charge is 2.14. The minimum absolute atomic E-state index is 0.0235. The molecule has 0 bridgehead atoms. The first-order valence-electron chi connectivity index (χ1n) is 9.54. The second-order valence-corrected chi connectivity index (χ2v) is 7.89. The molecule has 2 aromatic heterocycles. The zero-order chi connectivity index (χ0) is 20.1. The smallest absolute Gasteiger partial charge is 0.307 e. The zero-order valence-electron chi connectivity index (χ0n) is 16.5. The molecule has 2 heterocycles. The van der Waals surface area contributed by atoms with Crippen molar-refractivity contribution in [1.82, 2.24) is 9.97 Å². The second-order valence-electron chi connectivity index (χ2n) is 6.72. The van der Waals surface area contributed by atoms with Crippen molar-refractivity contribution < 1.29 is 9.90 Å². The third kappa shape index (κ3) is 4.75. The highest BCUT2D eigenvalue weighted by Crippen LogP contribution is 2.30. The Labute approximate surface area is 169 Å². The van der Waals surface area contributed by atoms with E-state index in [1.54, 1.807) is 11.3 Å². The summed E-state index contributed by atoms with van der Waals surface area (Å²) in [5.41, 5.74) is 3.72. The van der Waals surface area contributed by atoms with Crippen molar-refractivity contribution in [3.05, 3.63) is 58.1 Å². The summed E-state index contributed by atoms with van der Waals surface area (Å²) in [4.78, 5) is 22.8. The van der Waals surface area contributed by atoms with E-state index in [0.29, 0.717) is 0 Å². The molecule has 0 amide bonds. The van der Waals surface area contributed by atoms with Gasteiger partial charge in [-0.2, -0.15) is 0 Å². The Morgan fingerprint density at radius 2 is 1.86 bits per heavy atom. The third-order valence-electron chi connectivity index (χ3n) is 4.52. The minimum atomic E-state index is -0.830. The molecule has 0 aliphatic rings. The molecule has 5 nitrogen and oxygen atoms in total. The normalized spacial score (nSPS) is 10.8. The predicted octanol–water partition coefficient (Wildman–Crippen LogP) is 5.40. The van der Waals surface area contributed by atoms with E-state index in [1.807, 2.05) is 31.2 Å². The third-order valence-corrected chi connectivity index (χ3v) is 5.66. The van der Waals surface area contributed by atoms with E-state index in [9.17, 15) is 4.79 Å². The first-order chi connectivity index (χ1) is 13.5. The Kier molecular flexibility index (Phi) is 6.41. The highest BCUT2D eigenvalue weighted by molar-refractivity contribution is 7.15. The number of nitrogens with zero attached hydrogens (tertiary/aromatic N) is 2. The lowest BCUT2D eigenvalue weighted by atomic mass is 10.1. The maximum atomic E-state index is 10.8. The Bertz CT molecular complexity index is 964. The molecule has 3 rings (SSSR count). The molecule has 28 heavy (non-hydrogen) atoms. The molecule has 6 heteroatoms. The van der Waals surface area contributed by atoms with Crippen LogP contribution in [-0.4, -0.2) is 21.0 Å². The topological polar surface area (TPSA) is 75.1 Å². The average Bonchev–Trinajstić information content (AvgIpc) is 3.12. The fourth-order valence-electron chi connectivity index (χ4n) is 3.13. The highest BCUT2D eigenvalue weighted by atomic mass is 32.1. The van der Waals surface area contributed by atoms with Crippen molar-refractivity contribution >= 4 is 28.8 Å². The van der Waals surface area contributed by atoms with Crippen molar-refractivity contribution in [2.75, 3.05) is 5.32 Å². The summed E-state index contributed by atoms with van der Waals surface area (Å²) in [5, 5.41) is 12.3. The van der Waals surface area contributed by atoms with Crippen LogP contribution in [-0.2, 0) is 24.1 Å². The van der Waals surface area contributed by atoms with Gasteiger partial charge in [-0.05, 0) is 49.6 Å². The molecule has 0 atom stereocenters. The van der Waals surface area contributed by atoms with Crippen LogP contribution in [0.5, 0.6) is 0 Å². The number of rotatable bonds is 8. The van der Waals surface area contributed by atoms with Gasteiger partial charge in [-0.25, -0.2) is 9.97 Å². The molecule has 0 saturated heterocycles. The van der Waals surface area contributed by atoms with Gasteiger partial charge in [0.05, 0.1) is 11.3 Å². The van der Waals surface area contributed by atoms with E-state index >= 15 is 0 Å². The SMILES string of the molecule is CCCc1ccc(-c2nc(C)c(CC)c(Nc3ccc(CC(=O)O)cc3)n2)s1. The van der Waals surface area contributed by atoms with Crippen molar-refractivity contribution in [3.63, 3.8) is 0 Å². The van der Waals surface area contributed by atoms with E-state index in [-0.39, 0.29) is 6.42 Å². The molecule has 0 radical (unpaired) electrons. The number of anilines is 2. The Morgan fingerprint density at radius 1 is 1.11 bits per heavy atom. The number of aryl methyl sites for hydroxylation is 2. The number of carboxylic acids is 1. The number of hydrogen-bond acceptors (Lipinski definition) is 5. The second kappa shape index (κ2) is 8.97. The van der Waals surface area contributed by atoms with Gasteiger partial charge in [-0.3, -0.25) is 4.79 Å². The Morgan fingerprint density at radius 3 is 2.50 bits per heavy atom. The molecule has 0 aliphatic carbocycles. The van der Waals surface area contributed by atoms with E-state index in [0.717, 1.165) is 58.3 Å². The van der Waals surface area contributed by atoms with Crippen molar-refractivity contribution in [3.8, 4) is 10.7 Å². The number of carboxylic acid groups (broad SMARTS) is 1. The standard InChI is InChI=1S/C22H25N3O2S/c1-4-6-17-11-12-19(28-17)22-23-14(3)18(5-2)21(25-22)24-16-9-7-15(8-10-16)13-20(26)27/h7-12H,4-6,13H2,1-3H3,(H,26,27)(H,23,24,25). The van der Waals surface area contributed by atoms with Gasteiger partial charge in [-0.15, -0.1) is 11.3 Å². The monoisotopic (exact) mass is 395 g/mol. The van der Waals surface area contributed by atoms with Crippen LogP contribution in [0.25, 0.3) is 10.7 Å². The maximum Gasteiger partial charge on any atom is 0.307 e. The molecule has 0 unspecified atom stereocenters. The van der Waals surface area contributed by atoms with Gasteiger partial charge in [0.25, 0.3) is 0 Å². The first kappa shape index (κ1) is 20.0. The van der Waals surface area contributed by atoms with Crippen molar-refractivity contribution in [1.29, 1.82) is 0 Å². The maximum absolute atomic E-state index is 10.8. The van der Waals surface area contributed by atoms with Crippen molar-refractivity contribution in [2.24, 2.45) is 0 Å².